The van der Waals surface area contributed by atoms with Crippen LogP contribution in [0.3, 0.4) is 0 Å². The Balaban J connectivity index is 3.54. The highest BCUT2D eigenvalue weighted by atomic mass is 16.7. The molecule has 0 amide bonds. The van der Waals surface area contributed by atoms with Gasteiger partial charge in [0.25, 0.3) is 5.69 Å². The average Bonchev–Trinajstić information content (AvgIpc) is 2.45. The summed E-state index contributed by atoms with van der Waals surface area (Å²) in [6.45, 7) is -0.472. The Labute approximate surface area is 126 Å². The summed E-state index contributed by atoms with van der Waals surface area (Å²) in [4.78, 5) is 34.5. The van der Waals surface area contributed by atoms with Gasteiger partial charge in [-0.25, -0.2) is 0 Å². The monoisotopic (exact) mass is 330 g/mol. The molecule has 0 heterocycles. The highest BCUT2D eigenvalue weighted by Crippen LogP contribution is 2.40. The van der Waals surface area contributed by atoms with Crippen LogP contribution in [-0.2, 0) is 4.74 Å². The Morgan fingerprint density at radius 1 is 1.17 bits per heavy atom. The van der Waals surface area contributed by atoms with Gasteiger partial charge in [0.15, 0.2) is 6.73 Å². The molecule has 1 aromatic rings. The lowest BCUT2D eigenvalue weighted by atomic mass is 10.2. The fourth-order valence-electron chi connectivity index (χ4n) is 1.43. The zero-order valence-electron chi connectivity index (χ0n) is 11.5. The quantitative estimate of drug-likeness (QED) is 0.233. The van der Waals surface area contributed by atoms with Crippen LogP contribution in [0.4, 0.5) is 17.1 Å². The van der Waals surface area contributed by atoms with Crippen LogP contribution >= 0.6 is 0 Å². The molecule has 14 heteroatoms. The first-order chi connectivity index (χ1) is 10.7. The SMILES string of the molecule is COCN(Oc1c([N+](=O)[O-])cc([N+](=O)[O-])cc1[N+](=O)[O-])C(=N)N. The maximum Gasteiger partial charge on any atom is 0.328 e. The molecule has 1 rings (SSSR count). The maximum absolute atomic E-state index is 11.0. The van der Waals surface area contributed by atoms with E-state index >= 15 is 0 Å². The number of hydrogen-bond acceptors (Lipinski definition) is 9. The highest BCUT2D eigenvalue weighted by Gasteiger charge is 2.34. The Hall–Kier alpha value is -3.55. The lowest BCUT2D eigenvalue weighted by Crippen LogP contribution is -2.40. The molecular weight excluding hydrogens is 320 g/mol. The van der Waals surface area contributed by atoms with Crippen LogP contribution in [-0.4, -0.2) is 39.6 Å². The van der Waals surface area contributed by atoms with E-state index in [0.29, 0.717) is 17.2 Å². The van der Waals surface area contributed by atoms with E-state index in [9.17, 15) is 30.3 Å². The molecule has 0 bridgehead atoms. The molecule has 0 atom stereocenters. The van der Waals surface area contributed by atoms with Crippen molar-refractivity contribution in [3.05, 3.63) is 42.5 Å². The third kappa shape index (κ3) is 3.97. The van der Waals surface area contributed by atoms with Gasteiger partial charge in [-0.3, -0.25) is 35.8 Å². The number of rotatable bonds is 7. The van der Waals surface area contributed by atoms with Gasteiger partial charge < -0.3 is 15.3 Å². The molecule has 0 aliphatic heterocycles. The fraction of sp³-hybridized carbons (Fsp3) is 0.222. The third-order valence-corrected chi connectivity index (χ3v) is 2.36. The van der Waals surface area contributed by atoms with Crippen LogP contribution in [0, 0.1) is 35.8 Å². The molecule has 0 aliphatic rings. The van der Waals surface area contributed by atoms with E-state index in [1.54, 1.807) is 0 Å². The predicted molar refractivity (Wildman–Crippen MR) is 72.7 cm³/mol. The molecule has 0 radical (unpaired) electrons. The van der Waals surface area contributed by atoms with Crippen LogP contribution < -0.4 is 10.6 Å². The summed E-state index contributed by atoms with van der Waals surface area (Å²) in [7, 11) is 1.19. The smallest absolute Gasteiger partial charge is 0.328 e. The standard InChI is InChI=1S/C9H10N6O8/c1-22-4-12(9(10)11)23-8-6(14(18)19)2-5(13(16)17)3-7(8)15(20)21/h2-3H,4H2,1H3,(H3,10,11). The Morgan fingerprint density at radius 3 is 1.96 bits per heavy atom. The van der Waals surface area contributed by atoms with E-state index < -0.39 is 50.3 Å². The minimum absolute atomic E-state index is 0.472. The lowest BCUT2D eigenvalue weighted by Gasteiger charge is -2.20. The summed E-state index contributed by atoms with van der Waals surface area (Å²) in [6, 6.07) is 0.987. The van der Waals surface area contributed by atoms with E-state index in [1.807, 2.05) is 0 Å². The average molecular weight is 330 g/mol. The number of hydrogen-bond donors (Lipinski definition) is 2. The molecule has 0 spiro atoms. The number of nitrogens with zero attached hydrogens (tertiary/aromatic N) is 4. The van der Waals surface area contributed by atoms with Gasteiger partial charge in [0.2, 0.25) is 5.96 Å². The number of benzene rings is 1. The molecule has 0 saturated carbocycles. The van der Waals surface area contributed by atoms with Crippen molar-refractivity contribution < 1.29 is 24.3 Å². The van der Waals surface area contributed by atoms with Crippen molar-refractivity contribution in [2.45, 2.75) is 0 Å². The van der Waals surface area contributed by atoms with Crippen LogP contribution in [0.5, 0.6) is 5.75 Å². The second-order valence-corrected chi connectivity index (χ2v) is 3.86. The minimum Gasteiger partial charge on any atom is -0.367 e. The summed E-state index contributed by atoms with van der Waals surface area (Å²) in [5.74, 6) is -1.67. The van der Waals surface area contributed by atoms with Crippen LogP contribution in [0.25, 0.3) is 0 Å². The van der Waals surface area contributed by atoms with Crippen LogP contribution in [0.15, 0.2) is 12.1 Å². The number of hydroxylamine groups is 2. The third-order valence-electron chi connectivity index (χ3n) is 2.36. The van der Waals surface area contributed by atoms with Gasteiger partial charge in [0, 0.05) is 7.11 Å². The largest absolute Gasteiger partial charge is 0.367 e. The molecule has 0 saturated heterocycles. The number of guanidine groups is 1. The van der Waals surface area contributed by atoms with Crippen LogP contribution in [0.2, 0.25) is 0 Å². The number of ether oxygens (including phenoxy) is 1. The van der Waals surface area contributed by atoms with Gasteiger partial charge in [0.1, 0.15) is 0 Å². The fourth-order valence-corrected chi connectivity index (χ4v) is 1.43. The summed E-state index contributed by atoms with van der Waals surface area (Å²) in [5.41, 5.74) is 2.23. The lowest BCUT2D eigenvalue weighted by molar-refractivity contribution is -0.405. The van der Waals surface area contributed by atoms with Crippen molar-refractivity contribution in [1.29, 1.82) is 5.41 Å². The summed E-state index contributed by atoms with van der Waals surface area (Å²) < 4.78 is 4.63. The van der Waals surface area contributed by atoms with Gasteiger partial charge in [-0.1, -0.05) is 0 Å². The molecule has 0 aliphatic carbocycles. The summed E-state index contributed by atoms with van der Waals surface area (Å²) in [6.07, 6.45) is 0. The number of non-ortho nitro benzene ring substituents is 1. The van der Waals surface area contributed by atoms with Gasteiger partial charge in [0.05, 0.1) is 26.9 Å². The summed E-state index contributed by atoms with van der Waals surface area (Å²) >= 11 is 0. The zero-order valence-corrected chi connectivity index (χ0v) is 11.5. The second kappa shape index (κ2) is 6.94. The zero-order chi connectivity index (χ0) is 17.7. The summed E-state index contributed by atoms with van der Waals surface area (Å²) in [5, 5.41) is 40.5. The number of nitro benzene ring substituents is 3. The molecule has 0 aromatic heterocycles. The van der Waals surface area contributed by atoms with Gasteiger partial charge in [-0.05, 0) is 0 Å². The number of methoxy groups -OCH3 is 1. The number of nitro groups is 3. The molecule has 3 N–H and O–H groups in total. The first kappa shape index (κ1) is 17.5. The molecule has 0 unspecified atom stereocenters. The van der Waals surface area contributed by atoms with E-state index in [1.165, 1.54) is 7.11 Å². The molecular formula is C9H10N6O8. The van der Waals surface area contributed by atoms with E-state index in [2.05, 4.69) is 4.74 Å². The molecule has 0 fully saturated rings. The number of nitrogens with one attached hydrogen (secondary N) is 1. The minimum atomic E-state index is -1.10. The Morgan fingerprint density at radius 2 is 1.65 bits per heavy atom. The molecule has 23 heavy (non-hydrogen) atoms. The van der Waals surface area contributed by atoms with Gasteiger partial charge >= 0.3 is 17.1 Å². The Bertz CT molecular complexity index is 641. The van der Waals surface area contributed by atoms with Gasteiger partial charge in [-0.15, -0.1) is 5.06 Å². The van der Waals surface area contributed by atoms with Crippen molar-refractivity contribution in [1.82, 2.24) is 5.06 Å². The van der Waals surface area contributed by atoms with E-state index in [4.69, 9.17) is 16.0 Å². The van der Waals surface area contributed by atoms with E-state index in [0.717, 1.165) is 0 Å². The van der Waals surface area contributed by atoms with Crippen molar-refractivity contribution in [3.8, 4) is 5.75 Å². The molecule has 124 valence electrons. The predicted octanol–water partition coefficient (Wildman–Crippen LogP) is 0.504. The number of nitrogens with two attached hydrogens (primary N) is 1. The highest BCUT2D eigenvalue weighted by molar-refractivity contribution is 5.74. The van der Waals surface area contributed by atoms with Gasteiger partial charge in [-0.2, -0.15) is 0 Å². The van der Waals surface area contributed by atoms with Crippen LogP contribution in [0.1, 0.15) is 0 Å². The van der Waals surface area contributed by atoms with E-state index in [-0.39, 0.29) is 0 Å². The van der Waals surface area contributed by atoms with Crippen molar-refractivity contribution in [2.24, 2.45) is 5.73 Å². The first-order valence-corrected chi connectivity index (χ1v) is 5.58. The molecule has 14 nitrogen and oxygen atoms in total. The normalized spacial score (nSPS) is 9.96. The Kier molecular flexibility index (Phi) is 5.28. The first-order valence-electron chi connectivity index (χ1n) is 5.58. The van der Waals surface area contributed by atoms with Crippen molar-refractivity contribution in [2.75, 3.05) is 13.8 Å². The molecule has 1 aromatic carbocycles. The second-order valence-electron chi connectivity index (χ2n) is 3.86. The van der Waals surface area contributed by atoms with Crippen molar-refractivity contribution in [3.63, 3.8) is 0 Å². The van der Waals surface area contributed by atoms with Crippen molar-refractivity contribution >= 4 is 23.0 Å². The topological polar surface area (TPSA) is 201 Å². The maximum atomic E-state index is 11.0.